The first-order chi connectivity index (χ1) is 9.56. The molecule has 1 aromatic carbocycles. The van der Waals surface area contributed by atoms with E-state index in [1.165, 1.54) is 18.2 Å². The average Bonchev–Trinajstić information content (AvgIpc) is 2.76. The molecule has 1 aromatic rings. The molecular weight excluding hydrogens is 335 g/mol. The van der Waals surface area contributed by atoms with Crippen molar-refractivity contribution < 1.29 is 31.1 Å². The highest BCUT2D eigenvalue weighted by atomic mass is 35.7. The second-order valence-electron chi connectivity index (χ2n) is 4.35. The van der Waals surface area contributed by atoms with Gasteiger partial charge in [0.05, 0.1) is 4.90 Å². The van der Waals surface area contributed by atoms with Gasteiger partial charge < -0.3 is 10.1 Å². The fraction of sp³-hybridized carbons (Fsp3) is 0.364. The number of benzene rings is 1. The third kappa shape index (κ3) is 4.01. The Bertz CT molecular complexity index is 675. The highest BCUT2D eigenvalue weighted by Crippen LogP contribution is 2.32. The van der Waals surface area contributed by atoms with Gasteiger partial charge in [0.15, 0.2) is 6.10 Å². The van der Waals surface area contributed by atoms with E-state index >= 15 is 0 Å². The van der Waals surface area contributed by atoms with Crippen LogP contribution < -0.4 is 10.1 Å². The standard InChI is InChI=1S/C11H9ClF3NO4S/c12-21(18,19)7-1-2-8-6(3-7)4-9(20-8)10(17)16-5-11(13,14)15/h1-3,9H,4-5H2,(H,16,17). The largest absolute Gasteiger partial charge is 0.480 e. The minimum atomic E-state index is -4.51. The van der Waals surface area contributed by atoms with Gasteiger partial charge in [-0.1, -0.05) is 0 Å². The molecule has 0 fully saturated rings. The Kier molecular flexibility index (Phi) is 4.07. The van der Waals surface area contributed by atoms with E-state index in [1.807, 2.05) is 0 Å². The number of amides is 1. The summed E-state index contributed by atoms with van der Waals surface area (Å²) in [6.07, 6.45) is -5.67. The van der Waals surface area contributed by atoms with Gasteiger partial charge in [0, 0.05) is 17.1 Å². The van der Waals surface area contributed by atoms with Crippen LogP contribution in [-0.2, 0) is 20.3 Å². The van der Waals surface area contributed by atoms with E-state index in [0.29, 0.717) is 5.56 Å². The molecule has 1 aliphatic rings. The van der Waals surface area contributed by atoms with Crippen LogP contribution >= 0.6 is 10.7 Å². The Morgan fingerprint density at radius 2 is 2.10 bits per heavy atom. The minimum absolute atomic E-state index is 0.0285. The van der Waals surface area contributed by atoms with E-state index in [4.69, 9.17) is 15.4 Å². The molecule has 0 radical (unpaired) electrons. The summed E-state index contributed by atoms with van der Waals surface area (Å²) in [5, 5.41) is 1.71. The summed E-state index contributed by atoms with van der Waals surface area (Å²) in [4.78, 5) is 11.4. The second kappa shape index (κ2) is 5.38. The highest BCUT2D eigenvalue weighted by molar-refractivity contribution is 8.13. The molecule has 21 heavy (non-hydrogen) atoms. The number of halogens is 4. The predicted molar refractivity (Wildman–Crippen MR) is 66.7 cm³/mol. The molecular formula is C11H9ClF3NO4S. The topological polar surface area (TPSA) is 72.5 Å². The molecule has 116 valence electrons. The number of alkyl halides is 3. The SMILES string of the molecule is O=C(NCC(F)(F)F)C1Cc2cc(S(=O)(=O)Cl)ccc2O1. The average molecular weight is 344 g/mol. The van der Waals surface area contributed by atoms with Crippen LogP contribution in [0.3, 0.4) is 0 Å². The van der Waals surface area contributed by atoms with Crippen molar-refractivity contribution >= 4 is 25.6 Å². The lowest BCUT2D eigenvalue weighted by Gasteiger charge is -2.12. The molecule has 1 atom stereocenters. The molecule has 0 aromatic heterocycles. The molecule has 2 rings (SSSR count). The molecule has 1 unspecified atom stereocenters. The van der Waals surface area contributed by atoms with E-state index in [9.17, 15) is 26.4 Å². The monoisotopic (exact) mass is 343 g/mol. The predicted octanol–water partition coefficient (Wildman–Crippen LogP) is 1.60. The van der Waals surface area contributed by atoms with Crippen LogP contribution in [0.25, 0.3) is 0 Å². The van der Waals surface area contributed by atoms with Crippen LogP contribution in [0.15, 0.2) is 23.1 Å². The number of ether oxygens (including phenoxy) is 1. The Labute approximate surface area is 122 Å². The third-order valence-corrected chi connectivity index (χ3v) is 4.10. The molecule has 1 N–H and O–H groups in total. The highest BCUT2D eigenvalue weighted by Gasteiger charge is 2.33. The van der Waals surface area contributed by atoms with Gasteiger partial charge >= 0.3 is 6.18 Å². The molecule has 0 saturated carbocycles. The first kappa shape index (κ1) is 15.9. The van der Waals surface area contributed by atoms with Gasteiger partial charge in [-0.25, -0.2) is 8.42 Å². The minimum Gasteiger partial charge on any atom is -0.480 e. The summed E-state index contributed by atoms with van der Waals surface area (Å²) in [6, 6.07) is 3.73. The van der Waals surface area contributed by atoms with Crippen LogP contribution in [-0.4, -0.2) is 33.1 Å². The van der Waals surface area contributed by atoms with Crippen molar-refractivity contribution in [2.45, 2.75) is 23.6 Å². The zero-order chi connectivity index (χ0) is 15.8. The maximum atomic E-state index is 12.0. The van der Waals surface area contributed by atoms with E-state index in [-0.39, 0.29) is 17.1 Å². The Balaban J connectivity index is 2.08. The molecule has 1 heterocycles. The Hall–Kier alpha value is -1.48. The van der Waals surface area contributed by atoms with Crippen LogP contribution in [0.1, 0.15) is 5.56 Å². The van der Waals surface area contributed by atoms with E-state index in [2.05, 4.69) is 0 Å². The van der Waals surface area contributed by atoms with Crippen molar-refractivity contribution in [1.82, 2.24) is 5.32 Å². The molecule has 10 heteroatoms. The lowest BCUT2D eigenvalue weighted by molar-refractivity contribution is -0.142. The molecule has 5 nitrogen and oxygen atoms in total. The molecule has 0 saturated heterocycles. The summed E-state index contributed by atoms with van der Waals surface area (Å²) in [5.74, 6) is -0.676. The second-order valence-corrected chi connectivity index (χ2v) is 6.92. The maximum absolute atomic E-state index is 12.0. The molecule has 1 aliphatic heterocycles. The van der Waals surface area contributed by atoms with E-state index in [1.54, 1.807) is 5.32 Å². The fourth-order valence-electron chi connectivity index (χ4n) is 1.82. The number of fused-ring (bicyclic) bond motifs is 1. The van der Waals surface area contributed by atoms with E-state index in [0.717, 1.165) is 0 Å². The summed E-state index contributed by atoms with van der Waals surface area (Å²) in [5.41, 5.74) is 0.392. The number of carbonyl (C=O) groups is 1. The van der Waals surface area contributed by atoms with Crippen molar-refractivity contribution in [1.29, 1.82) is 0 Å². The smallest absolute Gasteiger partial charge is 0.405 e. The van der Waals surface area contributed by atoms with Crippen molar-refractivity contribution in [3.05, 3.63) is 23.8 Å². The van der Waals surface area contributed by atoms with E-state index < -0.39 is 33.8 Å². The van der Waals surface area contributed by atoms with Gasteiger partial charge in [-0.05, 0) is 23.8 Å². The van der Waals surface area contributed by atoms with Gasteiger partial charge in [0.2, 0.25) is 0 Å². The lowest BCUT2D eigenvalue weighted by atomic mass is 10.1. The quantitative estimate of drug-likeness (QED) is 0.846. The number of hydrogen-bond acceptors (Lipinski definition) is 4. The lowest BCUT2D eigenvalue weighted by Crippen LogP contribution is -2.42. The number of rotatable bonds is 3. The number of carbonyl (C=O) groups excluding carboxylic acids is 1. The number of hydrogen-bond donors (Lipinski definition) is 1. The van der Waals surface area contributed by atoms with Crippen molar-refractivity contribution in [3.8, 4) is 5.75 Å². The van der Waals surface area contributed by atoms with Crippen LogP contribution in [0.4, 0.5) is 13.2 Å². The Morgan fingerprint density at radius 1 is 1.43 bits per heavy atom. The summed E-state index contributed by atoms with van der Waals surface area (Å²) in [6.45, 7) is -1.46. The summed E-state index contributed by atoms with van der Waals surface area (Å²) in [7, 11) is 1.26. The van der Waals surface area contributed by atoms with Gasteiger partial charge in [-0.15, -0.1) is 0 Å². The Morgan fingerprint density at radius 3 is 2.67 bits per heavy atom. The van der Waals surface area contributed by atoms with Gasteiger partial charge in [-0.2, -0.15) is 13.2 Å². The summed E-state index contributed by atoms with van der Waals surface area (Å²) < 4.78 is 63.6. The van der Waals surface area contributed by atoms with Gasteiger partial charge in [-0.3, -0.25) is 4.79 Å². The maximum Gasteiger partial charge on any atom is 0.405 e. The molecule has 0 aliphatic carbocycles. The summed E-state index contributed by atoms with van der Waals surface area (Å²) >= 11 is 0. The first-order valence-corrected chi connectivity index (χ1v) is 7.96. The zero-order valence-corrected chi connectivity index (χ0v) is 11.8. The van der Waals surface area contributed by atoms with Crippen molar-refractivity contribution in [2.75, 3.05) is 6.54 Å². The van der Waals surface area contributed by atoms with Crippen molar-refractivity contribution in [3.63, 3.8) is 0 Å². The molecule has 1 amide bonds. The zero-order valence-electron chi connectivity index (χ0n) is 10.3. The molecule has 0 spiro atoms. The van der Waals surface area contributed by atoms with Crippen molar-refractivity contribution in [2.24, 2.45) is 0 Å². The molecule has 0 bridgehead atoms. The van der Waals surface area contributed by atoms with Crippen LogP contribution in [0.2, 0.25) is 0 Å². The van der Waals surface area contributed by atoms with Crippen LogP contribution in [0, 0.1) is 0 Å². The van der Waals surface area contributed by atoms with Gasteiger partial charge in [0.1, 0.15) is 12.3 Å². The number of nitrogens with one attached hydrogen (secondary N) is 1. The van der Waals surface area contributed by atoms with Crippen LogP contribution in [0.5, 0.6) is 5.75 Å². The first-order valence-electron chi connectivity index (χ1n) is 5.65. The van der Waals surface area contributed by atoms with Gasteiger partial charge in [0.25, 0.3) is 15.0 Å². The third-order valence-electron chi connectivity index (χ3n) is 2.74. The normalized spacial score (nSPS) is 18.0. The fourth-order valence-corrected chi connectivity index (χ4v) is 2.63.